The van der Waals surface area contributed by atoms with Crippen molar-refractivity contribution in [1.82, 2.24) is 20.9 Å². The third-order valence-corrected chi connectivity index (χ3v) is 3.40. The van der Waals surface area contributed by atoms with Crippen LogP contribution in [-0.4, -0.2) is 61.5 Å². The number of piperazine rings is 1. The van der Waals surface area contributed by atoms with Crippen molar-refractivity contribution >= 4 is 11.8 Å². The summed E-state index contributed by atoms with van der Waals surface area (Å²) in [6.07, 6.45) is 0.403. The second-order valence-electron chi connectivity index (χ2n) is 4.68. The Balaban J connectivity index is 1.80. The van der Waals surface area contributed by atoms with E-state index in [-0.39, 0.29) is 23.9 Å². The van der Waals surface area contributed by atoms with Gasteiger partial charge in [-0.05, 0) is 6.92 Å². The van der Waals surface area contributed by atoms with E-state index in [1.807, 2.05) is 6.92 Å². The zero-order valence-electron chi connectivity index (χ0n) is 10.2. The Hall–Kier alpha value is -1.14. The minimum absolute atomic E-state index is 0.0186. The topological polar surface area (TPSA) is 73.5 Å². The molecule has 2 aliphatic rings. The van der Waals surface area contributed by atoms with Gasteiger partial charge in [-0.3, -0.25) is 14.5 Å². The largest absolute Gasteiger partial charge is 0.354 e. The van der Waals surface area contributed by atoms with Gasteiger partial charge >= 0.3 is 0 Å². The average molecular weight is 240 g/mol. The molecule has 0 aromatic carbocycles. The molecule has 0 aromatic rings. The Labute approximate surface area is 101 Å². The van der Waals surface area contributed by atoms with Crippen LogP contribution in [0.1, 0.15) is 13.3 Å². The van der Waals surface area contributed by atoms with Crippen molar-refractivity contribution in [2.75, 3.05) is 32.7 Å². The maximum absolute atomic E-state index is 12.0. The Morgan fingerprint density at radius 1 is 1.47 bits per heavy atom. The van der Waals surface area contributed by atoms with Gasteiger partial charge in [0, 0.05) is 39.1 Å². The summed E-state index contributed by atoms with van der Waals surface area (Å²) in [5.41, 5.74) is 0. The van der Waals surface area contributed by atoms with E-state index >= 15 is 0 Å². The van der Waals surface area contributed by atoms with Crippen LogP contribution in [0, 0.1) is 0 Å². The molecule has 2 unspecified atom stereocenters. The number of carbonyl (C=O) groups excluding carboxylic acids is 2. The molecule has 0 radical (unpaired) electrons. The Bertz CT molecular complexity index is 302. The van der Waals surface area contributed by atoms with Gasteiger partial charge in [-0.1, -0.05) is 0 Å². The SMILES string of the molecule is CC(C(=O)NC1CNC(=O)C1)N1CCNCC1. The minimum atomic E-state index is -0.118. The van der Waals surface area contributed by atoms with Crippen LogP contribution in [0.3, 0.4) is 0 Å². The summed E-state index contributed by atoms with van der Waals surface area (Å²) in [6.45, 7) is 6.14. The molecule has 2 aliphatic heterocycles. The van der Waals surface area contributed by atoms with Gasteiger partial charge in [0.2, 0.25) is 11.8 Å². The lowest BCUT2D eigenvalue weighted by atomic mass is 10.2. The standard InChI is InChI=1S/C11H20N4O2/c1-8(15-4-2-12-3-5-15)11(17)14-9-6-10(16)13-7-9/h8-9,12H,2-7H2,1H3,(H,13,16)(H,14,17). The first-order chi connectivity index (χ1) is 8.16. The van der Waals surface area contributed by atoms with Crippen molar-refractivity contribution < 1.29 is 9.59 Å². The van der Waals surface area contributed by atoms with Crippen molar-refractivity contribution in [1.29, 1.82) is 0 Å². The lowest BCUT2D eigenvalue weighted by Gasteiger charge is -2.32. The van der Waals surface area contributed by atoms with Crippen molar-refractivity contribution in [3.05, 3.63) is 0 Å². The fourth-order valence-electron chi connectivity index (χ4n) is 2.26. The maximum Gasteiger partial charge on any atom is 0.237 e. The molecular weight excluding hydrogens is 220 g/mol. The third-order valence-electron chi connectivity index (χ3n) is 3.40. The molecule has 2 heterocycles. The zero-order valence-corrected chi connectivity index (χ0v) is 10.2. The summed E-state index contributed by atoms with van der Waals surface area (Å²) >= 11 is 0. The van der Waals surface area contributed by atoms with Crippen molar-refractivity contribution in [2.24, 2.45) is 0 Å². The number of rotatable bonds is 3. The molecule has 0 saturated carbocycles. The number of amides is 2. The number of carbonyl (C=O) groups is 2. The van der Waals surface area contributed by atoms with Gasteiger partial charge < -0.3 is 16.0 Å². The van der Waals surface area contributed by atoms with E-state index in [2.05, 4.69) is 20.9 Å². The highest BCUT2D eigenvalue weighted by molar-refractivity contribution is 5.84. The maximum atomic E-state index is 12.0. The first-order valence-electron chi connectivity index (χ1n) is 6.18. The van der Waals surface area contributed by atoms with Crippen LogP contribution in [0.25, 0.3) is 0 Å². The van der Waals surface area contributed by atoms with Crippen LogP contribution in [0.4, 0.5) is 0 Å². The van der Waals surface area contributed by atoms with Crippen LogP contribution >= 0.6 is 0 Å². The van der Waals surface area contributed by atoms with Crippen LogP contribution in [0.2, 0.25) is 0 Å². The van der Waals surface area contributed by atoms with Crippen molar-refractivity contribution in [3.63, 3.8) is 0 Å². The number of nitrogens with one attached hydrogen (secondary N) is 3. The van der Waals surface area contributed by atoms with Crippen molar-refractivity contribution in [2.45, 2.75) is 25.4 Å². The molecule has 3 N–H and O–H groups in total. The molecule has 6 nitrogen and oxygen atoms in total. The molecule has 0 bridgehead atoms. The van der Waals surface area contributed by atoms with E-state index in [4.69, 9.17) is 0 Å². The van der Waals surface area contributed by atoms with E-state index in [0.29, 0.717) is 13.0 Å². The second kappa shape index (κ2) is 5.46. The van der Waals surface area contributed by atoms with Gasteiger partial charge in [-0.25, -0.2) is 0 Å². The third kappa shape index (κ3) is 3.17. The highest BCUT2D eigenvalue weighted by atomic mass is 16.2. The number of hydrogen-bond acceptors (Lipinski definition) is 4. The van der Waals surface area contributed by atoms with Gasteiger partial charge in [-0.15, -0.1) is 0 Å². The van der Waals surface area contributed by atoms with Crippen LogP contribution in [0.15, 0.2) is 0 Å². The van der Waals surface area contributed by atoms with Gasteiger partial charge in [0.15, 0.2) is 0 Å². The summed E-state index contributed by atoms with van der Waals surface area (Å²) < 4.78 is 0. The lowest BCUT2D eigenvalue weighted by molar-refractivity contribution is -0.126. The van der Waals surface area contributed by atoms with E-state index in [9.17, 15) is 9.59 Å². The van der Waals surface area contributed by atoms with Gasteiger partial charge in [0.1, 0.15) is 0 Å². The predicted molar refractivity (Wildman–Crippen MR) is 63.5 cm³/mol. The lowest BCUT2D eigenvalue weighted by Crippen LogP contribution is -2.54. The molecular formula is C11H20N4O2. The zero-order chi connectivity index (χ0) is 12.3. The quantitative estimate of drug-likeness (QED) is 0.549. The summed E-state index contributed by atoms with van der Waals surface area (Å²) in [6, 6.07) is -0.159. The first kappa shape index (κ1) is 12.3. The number of nitrogens with zero attached hydrogens (tertiary/aromatic N) is 1. The molecule has 96 valence electrons. The summed E-state index contributed by atoms with van der Waals surface area (Å²) in [5.74, 6) is 0.0403. The van der Waals surface area contributed by atoms with Crippen LogP contribution < -0.4 is 16.0 Å². The fraction of sp³-hybridized carbons (Fsp3) is 0.818. The molecule has 17 heavy (non-hydrogen) atoms. The first-order valence-corrected chi connectivity index (χ1v) is 6.18. The van der Waals surface area contributed by atoms with Gasteiger partial charge in [0.25, 0.3) is 0 Å². The Morgan fingerprint density at radius 3 is 2.76 bits per heavy atom. The smallest absolute Gasteiger partial charge is 0.237 e. The van der Waals surface area contributed by atoms with E-state index in [0.717, 1.165) is 26.2 Å². The second-order valence-corrected chi connectivity index (χ2v) is 4.68. The fourth-order valence-corrected chi connectivity index (χ4v) is 2.26. The molecule has 6 heteroatoms. The molecule has 2 atom stereocenters. The Morgan fingerprint density at radius 2 is 2.18 bits per heavy atom. The molecule has 2 amide bonds. The summed E-state index contributed by atoms with van der Waals surface area (Å²) in [7, 11) is 0. The van der Waals surface area contributed by atoms with E-state index in [1.54, 1.807) is 0 Å². The molecule has 0 aromatic heterocycles. The van der Waals surface area contributed by atoms with Crippen molar-refractivity contribution in [3.8, 4) is 0 Å². The highest BCUT2D eigenvalue weighted by Gasteiger charge is 2.27. The van der Waals surface area contributed by atoms with Crippen LogP contribution in [-0.2, 0) is 9.59 Å². The van der Waals surface area contributed by atoms with E-state index < -0.39 is 0 Å². The molecule has 2 saturated heterocycles. The monoisotopic (exact) mass is 240 g/mol. The Kier molecular flexibility index (Phi) is 3.96. The molecule has 0 aliphatic carbocycles. The minimum Gasteiger partial charge on any atom is -0.354 e. The highest BCUT2D eigenvalue weighted by Crippen LogP contribution is 2.04. The average Bonchev–Trinajstić information content (AvgIpc) is 2.75. The van der Waals surface area contributed by atoms with Gasteiger partial charge in [0.05, 0.1) is 12.1 Å². The molecule has 0 spiro atoms. The van der Waals surface area contributed by atoms with Gasteiger partial charge in [-0.2, -0.15) is 0 Å². The molecule has 2 rings (SSSR count). The molecule has 2 fully saturated rings. The normalized spacial score (nSPS) is 27.6. The summed E-state index contributed by atoms with van der Waals surface area (Å²) in [4.78, 5) is 25.2. The van der Waals surface area contributed by atoms with Crippen LogP contribution in [0.5, 0.6) is 0 Å². The summed E-state index contributed by atoms with van der Waals surface area (Å²) in [5, 5.41) is 8.90. The van der Waals surface area contributed by atoms with E-state index in [1.165, 1.54) is 0 Å². The number of hydrogen-bond donors (Lipinski definition) is 3. The predicted octanol–water partition coefficient (Wildman–Crippen LogP) is -1.72.